The van der Waals surface area contributed by atoms with Crippen LogP contribution >= 0.6 is 11.3 Å². The minimum Gasteiger partial charge on any atom is -0.492 e. The maximum atomic E-state index is 13.4. The zero-order chi connectivity index (χ0) is 29.6. The second kappa shape index (κ2) is 13.4. The van der Waals surface area contributed by atoms with E-state index in [4.69, 9.17) is 9.72 Å². The number of fused-ring (bicyclic) bond motifs is 1. The first-order chi connectivity index (χ1) is 21.1. The number of piperazine rings is 1. The van der Waals surface area contributed by atoms with Crippen molar-refractivity contribution in [1.29, 1.82) is 0 Å². The number of carbonyl (C=O) groups excluding carboxylic acids is 1. The van der Waals surface area contributed by atoms with Crippen LogP contribution in [0.15, 0.2) is 84.4 Å². The van der Waals surface area contributed by atoms with Gasteiger partial charge in [-0.2, -0.15) is 0 Å². The van der Waals surface area contributed by atoms with Gasteiger partial charge in [-0.1, -0.05) is 60.2 Å². The zero-order valence-electron chi connectivity index (χ0n) is 25.0. The van der Waals surface area contributed by atoms with Crippen LogP contribution in [0, 0.1) is 6.92 Å². The number of benzene rings is 3. The quantitative estimate of drug-likeness (QED) is 0.188. The van der Waals surface area contributed by atoms with Crippen LogP contribution in [0.25, 0.3) is 10.9 Å². The SMILES string of the molecule is CCOc1ccccc1N1CCN(C(=O)c2csc(CN(CCc3c[nH]c4ccccc34)Cc3ccc(C)cc3)n2)CC1. The number of rotatable bonds is 11. The van der Waals surface area contributed by atoms with Gasteiger partial charge in [-0.15, -0.1) is 11.3 Å². The van der Waals surface area contributed by atoms with Gasteiger partial charge in [0, 0.05) is 61.7 Å². The molecule has 6 rings (SSSR count). The molecule has 3 aromatic carbocycles. The minimum atomic E-state index is 0.0177. The molecule has 0 atom stereocenters. The summed E-state index contributed by atoms with van der Waals surface area (Å²) in [4.78, 5) is 28.4. The van der Waals surface area contributed by atoms with E-state index in [2.05, 4.69) is 82.5 Å². The predicted octanol–water partition coefficient (Wildman–Crippen LogP) is 6.54. The van der Waals surface area contributed by atoms with Crippen molar-refractivity contribution in [2.75, 3.05) is 44.2 Å². The van der Waals surface area contributed by atoms with Gasteiger partial charge in [-0.05, 0) is 49.6 Å². The topological polar surface area (TPSA) is 64.7 Å². The molecule has 0 spiro atoms. The van der Waals surface area contributed by atoms with Gasteiger partial charge in [0.15, 0.2) is 0 Å². The summed E-state index contributed by atoms with van der Waals surface area (Å²) in [5, 5.41) is 4.18. The third-order valence-corrected chi connectivity index (χ3v) is 8.94. The smallest absolute Gasteiger partial charge is 0.273 e. The summed E-state index contributed by atoms with van der Waals surface area (Å²) < 4.78 is 5.83. The number of anilines is 1. The van der Waals surface area contributed by atoms with Gasteiger partial charge in [0.2, 0.25) is 0 Å². The van der Waals surface area contributed by atoms with Crippen LogP contribution in [-0.2, 0) is 19.5 Å². The standard InChI is InChI=1S/C35H39N5O2S/c1-3-42-33-11-7-6-10-32(33)39-18-20-40(21-19-39)35(41)31-25-43-34(37-31)24-38(23-27-14-12-26(2)13-15-27)17-16-28-22-36-30-9-5-4-8-29(28)30/h4-15,22,25,36H,3,16-21,23-24H2,1-2H3. The van der Waals surface area contributed by atoms with Crippen molar-refractivity contribution in [3.63, 3.8) is 0 Å². The molecule has 0 aliphatic carbocycles. The second-order valence-corrected chi connectivity index (χ2v) is 12.1. The fourth-order valence-corrected chi connectivity index (χ4v) is 6.57. The summed E-state index contributed by atoms with van der Waals surface area (Å²) >= 11 is 1.58. The van der Waals surface area contributed by atoms with Crippen LogP contribution < -0.4 is 9.64 Å². The van der Waals surface area contributed by atoms with E-state index >= 15 is 0 Å². The third-order valence-electron chi connectivity index (χ3n) is 8.10. The van der Waals surface area contributed by atoms with Crippen LogP contribution in [0.4, 0.5) is 5.69 Å². The van der Waals surface area contributed by atoms with E-state index < -0.39 is 0 Å². The molecule has 0 unspecified atom stereocenters. The molecule has 5 aromatic rings. The third kappa shape index (κ3) is 6.92. The fraction of sp³-hybridized carbons (Fsp3) is 0.314. The van der Waals surface area contributed by atoms with Gasteiger partial charge in [-0.3, -0.25) is 9.69 Å². The van der Waals surface area contributed by atoms with E-state index in [9.17, 15) is 4.79 Å². The van der Waals surface area contributed by atoms with Crippen molar-refractivity contribution in [2.24, 2.45) is 0 Å². The maximum Gasteiger partial charge on any atom is 0.273 e. The number of aromatic nitrogens is 2. The van der Waals surface area contributed by atoms with Gasteiger partial charge in [0.05, 0.1) is 18.8 Å². The first-order valence-corrected chi connectivity index (χ1v) is 16.0. The molecular formula is C35H39N5O2S. The number of nitrogens with one attached hydrogen (secondary N) is 1. The van der Waals surface area contributed by atoms with Gasteiger partial charge in [0.1, 0.15) is 16.5 Å². The van der Waals surface area contributed by atoms with Gasteiger partial charge in [0.25, 0.3) is 5.91 Å². The molecule has 1 saturated heterocycles. The van der Waals surface area contributed by atoms with E-state index in [0.717, 1.165) is 49.0 Å². The highest BCUT2D eigenvalue weighted by Gasteiger charge is 2.25. The molecule has 3 heterocycles. The molecule has 1 aliphatic rings. The molecule has 0 radical (unpaired) electrons. The van der Waals surface area contributed by atoms with Crippen LogP contribution in [0.5, 0.6) is 5.75 Å². The van der Waals surface area contributed by atoms with E-state index in [1.165, 1.54) is 27.6 Å². The van der Waals surface area contributed by atoms with Crippen LogP contribution in [0.2, 0.25) is 0 Å². The van der Waals surface area contributed by atoms with Crippen molar-refractivity contribution >= 4 is 33.8 Å². The lowest BCUT2D eigenvalue weighted by Gasteiger charge is -2.36. The Bertz CT molecular complexity index is 1650. The predicted molar refractivity (Wildman–Crippen MR) is 175 cm³/mol. The largest absolute Gasteiger partial charge is 0.492 e. The number of hydrogen-bond donors (Lipinski definition) is 1. The summed E-state index contributed by atoms with van der Waals surface area (Å²) in [5.41, 5.74) is 6.67. The summed E-state index contributed by atoms with van der Waals surface area (Å²) in [6, 6.07) is 25.4. The van der Waals surface area contributed by atoms with Crippen molar-refractivity contribution in [3.8, 4) is 5.75 Å². The highest BCUT2D eigenvalue weighted by Crippen LogP contribution is 2.29. The van der Waals surface area contributed by atoms with Crippen LogP contribution in [0.3, 0.4) is 0 Å². The van der Waals surface area contributed by atoms with Crippen LogP contribution in [-0.4, -0.2) is 65.0 Å². The Balaban J connectivity index is 1.10. The van der Waals surface area contributed by atoms with Gasteiger partial charge >= 0.3 is 0 Å². The van der Waals surface area contributed by atoms with Gasteiger partial charge in [-0.25, -0.2) is 4.98 Å². The molecule has 0 bridgehead atoms. The Morgan fingerprint density at radius 2 is 1.74 bits per heavy atom. The Morgan fingerprint density at radius 1 is 0.977 bits per heavy atom. The molecule has 7 nitrogen and oxygen atoms in total. The number of hydrogen-bond acceptors (Lipinski definition) is 6. The minimum absolute atomic E-state index is 0.0177. The monoisotopic (exact) mass is 593 g/mol. The average molecular weight is 594 g/mol. The zero-order valence-corrected chi connectivity index (χ0v) is 25.8. The van der Waals surface area contributed by atoms with E-state index in [0.29, 0.717) is 31.9 Å². The molecule has 222 valence electrons. The molecule has 2 aromatic heterocycles. The Kier molecular flexibility index (Phi) is 9.05. The first kappa shape index (κ1) is 29.0. The number of para-hydroxylation sites is 3. The van der Waals surface area contributed by atoms with Crippen molar-refractivity contribution < 1.29 is 9.53 Å². The highest BCUT2D eigenvalue weighted by atomic mass is 32.1. The number of ether oxygens (including phenoxy) is 1. The Morgan fingerprint density at radius 3 is 2.56 bits per heavy atom. The molecule has 1 fully saturated rings. The number of aryl methyl sites for hydroxylation is 1. The Hall–Kier alpha value is -4.14. The molecule has 8 heteroatoms. The lowest BCUT2D eigenvalue weighted by Crippen LogP contribution is -2.49. The maximum absolute atomic E-state index is 13.4. The van der Waals surface area contributed by atoms with E-state index in [1.807, 2.05) is 35.4 Å². The number of amides is 1. The fourth-order valence-electron chi connectivity index (χ4n) is 5.76. The first-order valence-electron chi connectivity index (χ1n) is 15.1. The molecular weight excluding hydrogens is 554 g/mol. The van der Waals surface area contributed by atoms with Crippen LogP contribution in [0.1, 0.15) is 39.1 Å². The number of aromatic amines is 1. The number of thiazole rings is 1. The second-order valence-electron chi connectivity index (χ2n) is 11.1. The molecule has 0 saturated carbocycles. The summed E-state index contributed by atoms with van der Waals surface area (Å²) in [6.07, 6.45) is 3.06. The number of carbonyl (C=O) groups is 1. The molecule has 1 N–H and O–H groups in total. The molecule has 1 aliphatic heterocycles. The van der Waals surface area contributed by atoms with E-state index in [1.54, 1.807) is 11.3 Å². The summed E-state index contributed by atoms with van der Waals surface area (Å²) in [6.45, 7) is 10.0. The normalized spacial score (nSPS) is 13.7. The van der Waals surface area contributed by atoms with Crippen molar-refractivity contribution in [3.05, 3.63) is 112 Å². The molecule has 43 heavy (non-hydrogen) atoms. The number of nitrogens with zero attached hydrogens (tertiary/aromatic N) is 4. The van der Waals surface area contributed by atoms with Gasteiger partial charge < -0.3 is 19.5 Å². The Labute approximate surface area is 257 Å². The van der Waals surface area contributed by atoms with E-state index in [-0.39, 0.29) is 5.91 Å². The molecule has 1 amide bonds. The van der Waals surface area contributed by atoms with Crippen molar-refractivity contribution in [1.82, 2.24) is 19.8 Å². The lowest BCUT2D eigenvalue weighted by molar-refractivity contribution is 0.0741. The average Bonchev–Trinajstić information content (AvgIpc) is 3.68. The van der Waals surface area contributed by atoms with Crippen molar-refractivity contribution in [2.45, 2.75) is 33.4 Å². The summed E-state index contributed by atoms with van der Waals surface area (Å²) in [7, 11) is 0. The number of H-pyrrole nitrogens is 1. The highest BCUT2D eigenvalue weighted by molar-refractivity contribution is 7.09. The lowest BCUT2D eigenvalue weighted by atomic mass is 10.1. The summed E-state index contributed by atoms with van der Waals surface area (Å²) in [5.74, 6) is 0.915.